The second-order valence-corrected chi connectivity index (χ2v) is 16.3. The van der Waals surface area contributed by atoms with Gasteiger partial charge in [-0.15, -0.1) is 0 Å². The van der Waals surface area contributed by atoms with E-state index in [4.69, 9.17) is 15.0 Å². The Morgan fingerprint density at radius 2 is 0.758 bits per heavy atom. The van der Waals surface area contributed by atoms with E-state index in [0.717, 1.165) is 44.4 Å². The van der Waals surface area contributed by atoms with E-state index in [1.807, 2.05) is 18.2 Å². The molecule has 0 N–H and O–H groups in total. The van der Waals surface area contributed by atoms with Crippen LogP contribution in [0.1, 0.15) is 22.3 Å². The zero-order valence-electron chi connectivity index (χ0n) is 33.6. The van der Waals surface area contributed by atoms with Gasteiger partial charge >= 0.3 is 0 Å². The van der Waals surface area contributed by atoms with Gasteiger partial charge in [-0.25, -0.2) is 15.0 Å². The summed E-state index contributed by atoms with van der Waals surface area (Å²) in [5.74, 6) is 1.91. The van der Waals surface area contributed by atoms with Gasteiger partial charge in [0.05, 0.1) is 16.4 Å². The zero-order chi connectivity index (χ0) is 40.8. The van der Waals surface area contributed by atoms with Gasteiger partial charge in [0.25, 0.3) is 0 Å². The molecule has 2 aliphatic rings. The van der Waals surface area contributed by atoms with Crippen molar-refractivity contribution in [1.29, 1.82) is 0 Å². The van der Waals surface area contributed by atoms with Crippen molar-refractivity contribution in [2.24, 2.45) is 0 Å². The van der Waals surface area contributed by atoms with Crippen molar-refractivity contribution in [3.8, 4) is 73.2 Å². The smallest absolute Gasteiger partial charge is 0.164 e. The maximum atomic E-state index is 5.22. The van der Waals surface area contributed by atoms with Crippen LogP contribution < -0.4 is 0 Å². The molecule has 0 unspecified atom stereocenters. The molecule has 0 radical (unpaired) electrons. The second-order valence-electron chi connectivity index (χ2n) is 16.3. The summed E-state index contributed by atoms with van der Waals surface area (Å²) in [5.41, 5.74) is 18.7. The molecule has 2 heterocycles. The molecule has 288 valence electrons. The van der Waals surface area contributed by atoms with Crippen molar-refractivity contribution in [3.05, 3.63) is 241 Å². The maximum absolute atomic E-state index is 5.22. The molecule has 0 fully saturated rings. The number of para-hydroxylation sites is 2. The van der Waals surface area contributed by atoms with Gasteiger partial charge in [-0.05, 0) is 92.0 Å². The van der Waals surface area contributed by atoms with Crippen LogP contribution >= 0.6 is 0 Å². The van der Waals surface area contributed by atoms with Crippen LogP contribution in [0.3, 0.4) is 0 Å². The first-order valence-electron chi connectivity index (χ1n) is 21.2. The van der Waals surface area contributed by atoms with Gasteiger partial charge < -0.3 is 4.57 Å². The third-order valence-corrected chi connectivity index (χ3v) is 13.1. The molecule has 62 heavy (non-hydrogen) atoms. The summed E-state index contributed by atoms with van der Waals surface area (Å²) in [4.78, 5) is 15.5. The molecular formula is C58H36N4. The molecule has 9 aromatic carbocycles. The number of nitrogens with zero attached hydrogens (tertiary/aromatic N) is 4. The highest BCUT2D eigenvalue weighted by molar-refractivity contribution is 6.10. The Morgan fingerprint density at radius 3 is 1.42 bits per heavy atom. The monoisotopic (exact) mass is 788 g/mol. The first-order valence-corrected chi connectivity index (χ1v) is 21.2. The first kappa shape index (κ1) is 34.6. The van der Waals surface area contributed by atoms with Crippen LogP contribution in [0.4, 0.5) is 0 Å². The highest BCUT2D eigenvalue weighted by atomic mass is 15.0. The Morgan fingerprint density at radius 1 is 0.306 bits per heavy atom. The minimum atomic E-state index is -0.434. The van der Waals surface area contributed by atoms with Gasteiger partial charge in [0.1, 0.15) is 0 Å². The lowest BCUT2D eigenvalue weighted by Gasteiger charge is -2.32. The van der Waals surface area contributed by atoms with Gasteiger partial charge in [-0.2, -0.15) is 0 Å². The average molecular weight is 789 g/mol. The Bertz CT molecular complexity index is 3500. The van der Waals surface area contributed by atoms with E-state index < -0.39 is 5.41 Å². The number of hydrogen-bond acceptors (Lipinski definition) is 3. The number of aromatic nitrogens is 4. The Labute approximate surface area is 359 Å². The Hall–Kier alpha value is -8.21. The van der Waals surface area contributed by atoms with E-state index in [-0.39, 0.29) is 0 Å². The summed E-state index contributed by atoms with van der Waals surface area (Å²) in [7, 11) is 0. The summed E-state index contributed by atoms with van der Waals surface area (Å²) in [6, 6.07) is 78.5. The number of rotatable bonds is 5. The topological polar surface area (TPSA) is 43.6 Å². The van der Waals surface area contributed by atoms with Gasteiger partial charge in [0, 0.05) is 33.2 Å². The molecule has 0 saturated carbocycles. The summed E-state index contributed by atoms with van der Waals surface area (Å²) < 4.78 is 2.33. The van der Waals surface area contributed by atoms with Crippen molar-refractivity contribution >= 4 is 21.8 Å². The quantitative estimate of drug-likeness (QED) is 0.174. The van der Waals surface area contributed by atoms with Crippen molar-refractivity contribution in [2.75, 3.05) is 0 Å². The largest absolute Gasteiger partial charge is 0.309 e. The van der Waals surface area contributed by atoms with E-state index in [1.54, 1.807) is 0 Å². The van der Waals surface area contributed by atoms with Crippen molar-refractivity contribution in [2.45, 2.75) is 5.41 Å². The van der Waals surface area contributed by atoms with Gasteiger partial charge in [-0.3, -0.25) is 0 Å². The molecule has 1 spiro atoms. The van der Waals surface area contributed by atoms with Crippen LogP contribution in [0, 0.1) is 0 Å². The predicted molar refractivity (Wildman–Crippen MR) is 252 cm³/mol. The SMILES string of the molecule is c1ccc(-c2nc(-c3ccc(-c4cccc5c4C4(c6ccccc6-c6ccccc64)c4ccccc4-5)cc3)nc(-c3ccc4c(c3)c3ccccc3n4-c3ccccc3)n2)cc1. The average Bonchev–Trinajstić information content (AvgIpc) is 3.96. The fourth-order valence-electron chi connectivity index (χ4n) is 10.5. The summed E-state index contributed by atoms with van der Waals surface area (Å²) >= 11 is 0. The lowest BCUT2D eigenvalue weighted by molar-refractivity contribution is 0.796. The molecule has 4 heteroatoms. The highest BCUT2D eigenvalue weighted by Gasteiger charge is 2.52. The molecule has 13 rings (SSSR count). The lowest BCUT2D eigenvalue weighted by atomic mass is 9.68. The maximum Gasteiger partial charge on any atom is 0.164 e. The lowest BCUT2D eigenvalue weighted by Crippen LogP contribution is -2.26. The Kier molecular flexibility index (Phi) is 7.49. The minimum Gasteiger partial charge on any atom is -0.309 e. The van der Waals surface area contributed by atoms with Crippen LogP contribution in [0.5, 0.6) is 0 Å². The van der Waals surface area contributed by atoms with Crippen molar-refractivity contribution < 1.29 is 0 Å². The van der Waals surface area contributed by atoms with E-state index in [9.17, 15) is 0 Å². The number of hydrogen-bond donors (Lipinski definition) is 0. The predicted octanol–water partition coefficient (Wildman–Crippen LogP) is 14.0. The molecule has 0 saturated heterocycles. The van der Waals surface area contributed by atoms with Crippen LogP contribution in [0.25, 0.3) is 95.0 Å². The van der Waals surface area contributed by atoms with E-state index in [0.29, 0.717) is 17.5 Å². The normalized spacial score (nSPS) is 13.0. The van der Waals surface area contributed by atoms with Gasteiger partial charge in [0.15, 0.2) is 17.5 Å². The molecule has 0 bridgehead atoms. The highest BCUT2D eigenvalue weighted by Crippen LogP contribution is 2.64. The van der Waals surface area contributed by atoms with E-state index >= 15 is 0 Å². The third kappa shape index (κ3) is 4.92. The summed E-state index contributed by atoms with van der Waals surface area (Å²) in [6.45, 7) is 0. The fourth-order valence-corrected chi connectivity index (χ4v) is 10.5. The van der Waals surface area contributed by atoms with Crippen LogP contribution in [-0.2, 0) is 5.41 Å². The number of fused-ring (bicyclic) bond motifs is 13. The molecule has 0 amide bonds. The van der Waals surface area contributed by atoms with Gasteiger partial charge in [0.2, 0.25) is 0 Å². The molecule has 2 aromatic heterocycles. The third-order valence-electron chi connectivity index (χ3n) is 13.1. The molecular weight excluding hydrogens is 753 g/mol. The molecule has 0 aliphatic heterocycles. The van der Waals surface area contributed by atoms with Crippen LogP contribution in [0.2, 0.25) is 0 Å². The molecule has 4 nitrogen and oxygen atoms in total. The standard InChI is InChI=1S/C58H36N4/c1-3-16-38(17-4-1)55-59-56(61-57(60-55)40-34-35-53-48(36-40)46-23-10-14-29-52(46)62(53)41-18-5-2-6-19-41)39-32-30-37(31-33-39)42-24-15-25-47-45-22-9-13-28-51(45)58(54(42)47)49-26-11-7-20-43(49)44-21-8-12-27-50(44)58/h1-36H. The molecule has 0 atom stereocenters. The molecule has 11 aromatic rings. The minimum absolute atomic E-state index is 0.434. The number of benzene rings is 9. The summed E-state index contributed by atoms with van der Waals surface area (Å²) in [6.07, 6.45) is 0. The van der Waals surface area contributed by atoms with Crippen LogP contribution in [0.15, 0.2) is 218 Å². The van der Waals surface area contributed by atoms with E-state index in [1.165, 1.54) is 55.5 Å². The Balaban J connectivity index is 0.964. The second kappa shape index (κ2) is 13.4. The zero-order valence-corrected chi connectivity index (χ0v) is 33.6. The van der Waals surface area contributed by atoms with Crippen molar-refractivity contribution in [1.82, 2.24) is 19.5 Å². The van der Waals surface area contributed by atoms with Crippen molar-refractivity contribution in [3.63, 3.8) is 0 Å². The van der Waals surface area contributed by atoms with E-state index in [2.05, 4.69) is 205 Å². The van der Waals surface area contributed by atoms with Gasteiger partial charge in [-0.1, -0.05) is 182 Å². The fraction of sp³-hybridized carbons (Fsp3) is 0.0172. The summed E-state index contributed by atoms with van der Waals surface area (Å²) in [5, 5.41) is 2.33. The molecule has 2 aliphatic carbocycles. The van der Waals surface area contributed by atoms with Crippen LogP contribution in [-0.4, -0.2) is 19.5 Å². The first-order chi connectivity index (χ1) is 30.8.